The summed E-state index contributed by atoms with van der Waals surface area (Å²) in [4.78, 5) is 1.24. The van der Waals surface area contributed by atoms with Gasteiger partial charge in [0.05, 0.1) is 3.79 Å². The van der Waals surface area contributed by atoms with Crippen molar-refractivity contribution in [3.63, 3.8) is 0 Å². The number of aryl methyl sites for hydroxylation is 1. The molecule has 0 bridgehead atoms. The average Bonchev–Trinajstić information content (AvgIpc) is 3.04. The Labute approximate surface area is 132 Å². The highest BCUT2D eigenvalue weighted by Gasteiger charge is 2.21. The number of rotatable bonds is 5. The number of benzene rings is 1. The number of halogens is 1. The summed E-state index contributed by atoms with van der Waals surface area (Å²) in [6.07, 6.45) is 2.35. The predicted molar refractivity (Wildman–Crippen MR) is 87.5 cm³/mol. The first kappa shape index (κ1) is 14.1. The normalized spacial score (nSPS) is 17.2. The SMILES string of the molecule is CCNC1CCc2cc(OCc3ccc(Br)s3)ccc21. The van der Waals surface area contributed by atoms with Gasteiger partial charge in [0.1, 0.15) is 12.4 Å². The molecule has 1 N–H and O–H groups in total. The van der Waals surface area contributed by atoms with E-state index in [4.69, 9.17) is 4.74 Å². The Morgan fingerprint density at radius 2 is 2.25 bits per heavy atom. The molecule has 1 aromatic heterocycles. The largest absolute Gasteiger partial charge is 0.488 e. The van der Waals surface area contributed by atoms with E-state index < -0.39 is 0 Å². The van der Waals surface area contributed by atoms with E-state index in [1.165, 1.54) is 22.4 Å². The van der Waals surface area contributed by atoms with Gasteiger partial charge < -0.3 is 10.1 Å². The van der Waals surface area contributed by atoms with Crippen LogP contribution in [-0.4, -0.2) is 6.54 Å². The van der Waals surface area contributed by atoms with Crippen LogP contribution in [0.5, 0.6) is 5.75 Å². The maximum Gasteiger partial charge on any atom is 0.122 e. The Bertz CT molecular complexity index is 596. The van der Waals surface area contributed by atoms with Crippen LogP contribution in [0.2, 0.25) is 0 Å². The molecular formula is C16H18BrNOS. The van der Waals surface area contributed by atoms with E-state index in [0.717, 1.165) is 22.5 Å². The molecule has 0 amide bonds. The third-order valence-corrected chi connectivity index (χ3v) is 5.25. The summed E-state index contributed by atoms with van der Waals surface area (Å²) in [5, 5.41) is 3.54. The molecule has 1 atom stereocenters. The fourth-order valence-corrected chi connectivity index (χ4v) is 4.12. The minimum Gasteiger partial charge on any atom is -0.488 e. The van der Waals surface area contributed by atoms with Crippen molar-refractivity contribution in [1.29, 1.82) is 0 Å². The Hall–Kier alpha value is -0.840. The fourth-order valence-electron chi connectivity index (χ4n) is 2.73. The molecule has 3 rings (SSSR count). The third-order valence-electron chi connectivity index (χ3n) is 3.65. The van der Waals surface area contributed by atoms with E-state index >= 15 is 0 Å². The Balaban J connectivity index is 1.67. The number of hydrogen-bond acceptors (Lipinski definition) is 3. The minimum absolute atomic E-state index is 0.525. The van der Waals surface area contributed by atoms with Crippen LogP contribution in [0.3, 0.4) is 0 Å². The van der Waals surface area contributed by atoms with Gasteiger partial charge in [-0.25, -0.2) is 0 Å². The lowest BCUT2D eigenvalue weighted by molar-refractivity contribution is 0.309. The third kappa shape index (κ3) is 3.08. The van der Waals surface area contributed by atoms with Gasteiger partial charge in [-0.2, -0.15) is 0 Å². The van der Waals surface area contributed by atoms with Crippen molar-refractivity contribution < 1.29 is 4.74 Å². The molecule has 2 aromatic rings. The first-order chi connectivity index (χ1) is 9.76. The summed E-state index contributed by atoms with van der Waals surface area (Å²) >= 11 is 5.20. The second-order valence-corrected chi connectivity index (χ2v) is 7.55. The number of ether oxygens (including phenoxy) is 1. The number of nitrogens with one attached hydrogen (secondary N) is 1. The maximum absolute atomic E-state index is 5.90. The quantitative estimate of drug-likeness (QED) is 0.843. The van der Waals surface area contributed by atoms with Crippen molar-refractivity contribution >= 4 is 27.3 Å². The van der Waals surface area contributed by atoms with Gasteiger partial charge in [-0.05, 0) is 70.7 Å². The molecule has 106 valence electrons. The molecule has 2 nitrogen and oxygen atoms in total. The molecule has 1 unspecified atom stereocenters. The second-order valence-electron chi connectivity index (χ2n) is 5.00. The zero-order valence-electron chi connectivity index (χ0n) is 11.5. The van der Waals surface area contributed by atoms with Crippen LogP contribution in [-0.2, 0) is 13.0 Å². The first-order valence-electron chi connectivity index (χ1n) is 6.99. The van der Waals surface area contributed by atoms with Crippen LogP contribution < -0.4 is 10.1 Å². The monoisotopic (exact) mass is 351 g/mol. The van der Waals surface area contributed by atoms with Crippen LogP contribution in [0.4, 0.5) is 0 Å². The van der Waals surface area contributed by atoms with Gasteiger partial charge in [-0.1, -0.05) is 13.0 Å². The van der Waals surface area contributed by atoms with E-state index in [1.807, 2.05) is 0 Å². The summed E-state index contributed by atoms with van der Waals surface area (Å²) in [7, 11) is 0. The van der Waals surface area contributed by atoms with Gasteiger partial charge in [0.25, 0.3) is 0 Å². The molecule has 0 radical (unpaired) electrons. The van der Waals surface area contributed by atoms with Crippen LogP contribution in [0, 0.1) is 0 Å². The van der Waals surface area contributed by atoms with Crippen molar-refractivity contribution in [2.45, 2.75) is 32.4 Å². The van der Waals surface area contributed by atoms with Crippen molar-refractivity contribution in [3.8, 4) is 5.75 Å². The molecule has 0 saturated carbocycles. The van der Waals surface area contributed by atoms with Crippen LogP contribution >= 0.6 is 27.3 Å². The molecule has 1 aliphatic rings. The first-order valence-corrected chi connectivity index (χ1v) is 8.60. The highest BCUT2D eigenvalue weighted by atomic mass is 79.9. The van der Waals surface area contributed by atoms with Gasteiger partial charge in [-0.15, -0.1) is 11.3 Å². The molecular weight excluding hydrogens is 334 g/mol. The number of fused-ring (bicyclic) bond motifs is 1. The summed E-state index contributed by atoms with van der Waals surface area (Å²) in [5.41, 5.74) is 2.87. The van der Waals surface area contributed by atoms with E-state index in [1.54, 1.807) is 11.3 Å². The Morgan fingerprint density at radius 1 is 1.35 bits per heavy atom. The Kier molecular flexibility index (Phi) is 4.44. The predicted octanol–water partition coefficient (Wildman–Crippen LogP) is 4.69. The molecule has 0 saturated heterocycles. The summed E-state index contributed by atoms with van der Waals surface area (Å²) < 4.78 is 7.05. The second kappa shape index (κ2) is 6.29. The van der Waals surface area contributed by atoms with Crippen LogP contribution in [0.1, 0.15) is 35.4 Å². The minimum atomic E-state index is 0.525. The smallest absolute Gasteiger partial charge is 0.122 e. The zero-order chi connectivity index (χ0) is 13.9. The molecule has 1 heterocycles. The molecule has 0 spiro atoms. The molecule has 0 fully saturated rings. The lowest BCUT2D eigenvalue weighted by Crippen LogP contribution is -2.18. The van der Waals surface area contributed by atoms with Gasteiger partial charge in [-0.3, -0.25) is 0 Å². The van der Waals surface area contributed by atoms with Gasteiger partial charge in [0, 0.05) is 10.9 Å². The van der Waals surface area contributed by atoms with Crippen molar-refractivity contribution in [2.24, 2.45) is 0 Å². The lowest BCUT2D eigenvalue weighted by Gasteiger charge is -2.13. The average molecular weight is 352 g/mol. The van der Waals surface area contributed by atoms with Crippen molar-refractivity contribution in [3.05, 3.63) is 50.1 Å². The molecule has 1 aromatic carbocycles. The van der Waals surface area contributed by atoms with Gasteiger partial charge in [0.15, 0.2) is 0 Å². The maximum atomic E-state index is 5.90. The molecule has 0 aliphatic heterocycles. The summed E-state index contributed by atoms with van der Waals surface area (Å²) in [6.45, 7) is 3.83. The van der Waals surface area contributed by atoms with Crippen LogP contribution in [0.25, 0.3) is 0 Å². The highest BCUT2D eigenvalue weighted by molar-refractivity contribution is 9.11. The number of hydrogen-bond donors (Lipinski definition) is 1. The lowest BCUT2D eigenvalue weighted by atomic mass is 10.1. The van der Waals surface area contributed by atoms with Gasteiger partial charge >= 0.3 is 0 Å². The highest BCUT2D eigenvalue weighted by Crippen LogP contribution is 2.33. The van der Waals surface area contributed by atoms with Crippen LogP contribution in [0.15, 0.2) is 34.1 Å². The van der Waals surface area contributed by atoms with E-state index in [9.17, 15) is 0 Å². The number of thiophene rings is 1. The molecule has 1 aliphatic carbocycles. The molecule has 4 heteroatoms. The molecule has 20 heavy (non-hydrogen) atoms. The summed E-state index contributed by atoms with van der Waals surface area (Å²) in [5.74, 6) is 0.977. The van der Waals surface area contributed by atoms with E-state index in [-0.39, 0.29) is 0 Å². The van der Waals surface area contributed by atoms with E-state index in [0.29, 0.717) is 12.6 Å². The van der Waals surface area contributed by atoms with Crippen molar-refractivity contribution in [2.75, 3.05) is 6.54 Å². The van der Waals surface area contributed by atoms with E-state index in [2.05, 4.69) is 58.5 Å². The Morgan fingerprint density at radius 3 is 3.00 bits per heavy atom. The standard InChI is InChI=1S/C16H18BrNOS/c1-2-18-15-7-3-11-9-12(4-6-14(11)15)19-10-13-5-8-16(17)20-13/h4-6,8-9,15,18H,2-3,7,10H2,1H3. The fraction of sp³-hybridized carbons (Fsp3) is 0.375. The van der Waals surface area contributed by atoms with Gasteiger partial charge in [0.2, 0.25) is 0 Å². The zero-order valence-corrected chi connectivity index (χ0v) is 13.9. The topological polar surface area (TPSA) is 21.3 Å². The van der Waals surface area contributed by atoms with Crippen molar-refractivity contribution in [1.82, 2.24) is 5.32 Å². The summed E-state index contributed by atoms with van der Waals surface area (Å²) in [6, 6.07) is 11.2.